The molecule has 5 heteroatoms. The van der Waals surface area contributed by atoms with E-state index in [4.69, 9.17) is 0 Å². The maximum atomic E-state index is 12.9. The van der Waals surface area contributed by atoms with Gasteiger partial charge in [-0.2, -0.15) is 0 Å². The Labute approximate surface area is 146 Å². The predicted molar refractivity (Wildman–Crippen MR) is 92.9 cm³/mol. The molecule has 1 fully saturated rings. The van der Waals surface area contributed by atoms with Gasteiger partial charge >= 0.3 is 0 Å². The minimum absolute atomic E-state index is 0.00159. The van der Waals surface area contributed by atoms with Crippen LogP contribution in [0.2, 0.25) is 0 Å². The van der Waals surface area contributed by atoms with Crippen LogP contribution in [0, 0.1) is 11.7 Å². The summed E-state index contributed by atoms with van der Waals surface area (Å²) < 4.78 is 12.9. The molecule has 1 heterocycles. The number of carbonyl (C=O) groups is 2. The number of halogens is 1. The quantitative estimate of drug-likeness (QED) is 0.909. The molecule has 0 radical (unpaired) electrons. The smallest absolute Gasteiger partial charge is 0.225 e. The Morgan fingerprint density at radius 1 is 1.20 bits per heavy atom. The van der Waals surface area contributed by atoms with Crippen LogP contribution in [-0.2, 0) is 16.1 Å². The first-order valence-electron chi connectivity index (χ1n) is 8.41. The fourth-order valence-electron chi connectivity index (χ4n) is 3.13. The SMILES string of the molecule is C[C@H](c1ccccc1)N1C[C@@H](C(=O)NCc2ccc(F)cc2)CC1=O. The molecule has 0 spiro atoms. The lowest BCUT2D eigenvalue weighted by atomic mass is 10.1. The molecule has 3 rings (SSSR count). The topological polar surface area (TPSA) is 49.4 Å². The van der Waals surface area contributed by atoms with Gasteiger partial charge in [0.05, 0.1) is 12.0 Å². The van der Waals surface area contributed by atoms with E-state index in [-0.39, 0.29) is 36.0 Å². The normalized spacial score (nSPS) is 18.2. The Bertz CT molecular complexity index is 746. The summed E-state index contributed by atoms with van der Waals surface area (Å²) in [6.07, 6.45) is 0.229. The summed E-state index contributed by atoms with van der Waals surface area (Å²) in [5, 5.41) is 2.84. The fraction of sp³-hybridized carbons (Fsp3) is 0.300. The number of hydrogen-bond donors (Lipinski definition) is 1. The second kappa shape index (κ2) is 7.47. The van der Waals surface area contributed by atoms with Crippen LogP contribution in [0.5, 0.6) is 0 Å². The average molecular weight is 340 g/mol. The number of rotatable bonds is 5. The number of hydrogen-bond acceptors (Lipinski definition) is 2. The molecular weight excluding hydrogens is 319 g/mol. The van der Waals surface area contributed by atoms with Crippen molar-refractivity contribution in [2.75, 3.05) is 6.54 Å². The Morgan fingerprint density at radius 2 is 1.88 bits per heavy atom. The van der Waals surface area contributed by atoms with E-state index < -0.39 is 0 Å². The lowest BCUT2D eigenvalue weighted by molar-refractivity contribution is -0.130. The molecule has 25 heavy (non-hydrogen) atoms. The van der Waals surface area contributed by atoms with Gasteiger partial charge in [0, 0.05) is 19.5 Å². The highest BCUT2D eigenvalue weighted by molar-refractivity contribution is 5.89. The third-order valence-electron chi connectivity index (χ3n) is 4.66. The molecule has 0 saturated carbocycles. The van der Waals surface area contributed by atoms with Crippen molar-refractivity contribution in [3.63, 3.8) is 0 Å². The molecule has 2 amide bonds. The van der Waals surface area contributed by atoms with Crippen molar-refractivity contribution >= 4 is 11.8 Å². The summed E-state index contributed by atoms with van der Waals surface area (Å²) in [6.45, 7) is 2.73. The first-order valence-corrected chi connectivity index (χ1v) is 8.41. The molecule has 0 bridgehead atoms. The molecular formula is C20H21FN2O2. The monoisotopic (exact) mass is 340 g/mol. The van der Waals surface area contributed by atoms with Gasteiger partial charge in [-0.05, 0) is 30.2 Å². The maximum absolute atomic E-state index is 12.9. The van der Waals surface area contributed by atoms with E-state index in [0.29, 0.717) is 13.1 Å². The van der Waals surface area contributed by atoms with E-state index in [1.165, 1.54) is 12.1 Å². The summed E-state index contributed by atoms with van der Waals surface area (Å²) in [5.41, 5.74) is 1.89. The second-order valence-corrected chi connectivity index (χ2v) is 6.38. The van der Waals surface area contributed by atoms with Crippen LogP contribution >= 0.6 is 0 Å². The van der Waals surface area contributed by atoms with Gasteiger partial charge in [-0.25, -0.2) is 4.39 Å². The first-order chi connectivity index (χ1) is 12.0. The van der Waals surface area contributed by atoms with Crippen molar-refractivity contribution in [3.05, 3.63) is 71.5 Å². The molecule has 0 unspecified atom stereocenters. The highest BCUT2D eigenvalue weighted by atomic mass is 19.1. The molecule has 0 aliphatic carbocycles. The van der Waals surface area contributed by atoms with Crippen molar-refractivity contribution in [2.24, 2.45) is 5.92 Å². The van der Waals surface area contributed by atoms with Crippen LogP contribution in [0.15, 0.2) is 54.6 Å². The van der Waals surface area contributed by atoms with E-state index in [9.17, 15) is 14.0 Å². The van der Waals surface area contributed by atoms with E-state index in [1.54, 1.807) is 17.0 Å². The molecule has 1 aliphatic rings. The number of benzene rings is 2. The van der Waals surface area contributed by atoms with Crippen LogP contribution < -0.4 is 5.32 Å². The highest BCUT2D eigenvalue weighted by Crippen LogP contribution is 2.28. The van der Waals surface area contributed by atoms with Crippen LogP contribution in [0.1, 0.15) is 30.5 Å². The van der Waals surface area contributed by atoms with Gasteiger partial charge in [-0.1, -0.05) is 42.5 Å². The molecule has 2 atom stereocenters. The minimum atomic E-state index is -0.348. The van der Waals surface area contributed by atoms with E-state index in [0.717, 1.165) is 11.1 Å². The number of carbonyl (C=O) groups excluding carboxylic acids is 2. The van der Waals surface area contributed by atoms with Crippen LogP contribution in [-0.4, -0.2) is 23.3 Å². The van der Waals surface area contributed by atoms with Crippen LogP contribution in [0.3, 0.4) is 0 Å². The zero-order chi connectivity index (χ0) is 17.8. The van der Waals surface area contributed by atoms with Gasteiger partial charge in [0.15, 0.2) is 0 Å². The molecule has 1 aliphatic heterocycles. The summed E-state index contributed by atoms with van der Waals surface area (Å²) >= 11 is 0. The summed E-state index contributed by atoms with van der Waals surface area (Å²) in [5.74, 6) is -0.792. The molecule has 1 saturated heterocycles. The zero-order valence-corrected chi connectivity index (χ0v) is 14.1. The Morgan fingerprint density at radius 3 is 2.56 bits per heavy atom. The fourth-order valence-corrected chi connectivity index (χ4v) is 3.13. The van der Waals surface area contributed by atoms with Gasteiger partial charge in [0.1, 0.15) is 5.82 Å². The maximum Gasteiger partial charge on any atom is 0.225 e. The van der Waals surface area contributed by atoms with Crippen LogP contribution in [0.4, 0.5) is 4.39 Å². The lowest BCUT2D eigenvalue weighted by Gasteiger charge is -2.25. The average Bonchev–Trinajstić information content (AvgIpc) is 3.03. The Kier molecular flexibility index (Phi) is 5.12. The third-order valence-corrected chi connectivity index (χ3v) is 4.66. The zero-order valence-electron chi connectivity index (χ0n) is 14.1. The van der Waals surface area contributed by atoms with Gasteiger partial charge < -0.3 is 10.2 Å². The van der Waals surface area contributed by atoms with Crippen molar-refractivity contribution in [1.82, 2.24) is 10.2 Å². The molecule has 0 aromatic heterocycles. The summed E-state index contributed by atoms with van der Waals surface area (Å²) in [4.78, 5) is 26.5. The third kappa shape index (κ3) is 4.05. The standard InChI is InChI=1S/C20H21FN2O2/c1-14(16-5-3-2-4-6-16)23-13-17(11-19(23)24)20(25)22-12-15-7-9-18(21)10-8-15/h2-10,14,17H,11-13H2,1H3,(H,22,25)/t14-,17+/m1/s1. The van der Waals surface area contributed by atoms with E-state index in [2.05, 4.69) is 5.32 Å². The lowest BCUT2D eigenvalue weighted by Crippen LogP contribution is -2.33. The van der Waals surface area contributed by atoms with E-state index >= 15 is 0 Å². The highest BCUT2D eigenvalue weighted by Gasteiger charge is 2.36. The minimum Gasteiger partial charge on any atom is -0.352 e. The second-order valence-electron chi connectivity index (χ2n) is 6.38. The van der Waals surface area contributed by atoms with Crippen LogP contribution in [0.25, 0.3) is 0 Å². The number of nitrogens with zero attached hydrogens (tertiary/aromatic N) is 1. The van der Waals surface area contributed by atoms with Gasteiger partial charge in [0.25, 0.3) is 0 Å². The van der Waals surface area contributed by atoms with Crippen molar-refractivity contribution in [1.29, 1.82) is 0 Å². The first kappa shape index (κ1) is 17.1. The predicted octanol–water partition coefficient (Wildman–Crippen LogP) is 3.05. The molecule has 2 aromatic carbocycles. The number of amides is 2. The molecule has 2 aromatic rings. The van der Waals surface area contributed by atoms with Gasteiger partial charge in [-0.15, -0.1) is 0 Å². The van der Waals surface area contributed by atoms with E-state index in [1.807, 2.05) is 37.3 Å². The van der Waals surface area contributed by atoms with Crippen molar-refractivity contribution in [3.8, 4) is 0 Å². The Hall–Kier alpha value is -2.69. The summed E-state index contributed by atoms with van der Waals surface area (Å²) in [7, 11) is 0. The molecule has 130 valence electrons. The molecule has 4 nitrogen and oxygen atoms in total. The molecule has 1 N–H and O–H groups in total. The largest absolute Gasteiger partial charge is 0.352 e. The number of nitrogens with one attached hydrogen (secondary N) is 1. The Balaban J connectivity index is 1.58. The van der Waals surface area contributed by atoms with Gasteiger partial charge in [-0.3, -0.25) is 9.59 Å². The van der Waals surface area contributed by atoms with Crippen molar-refractivity contribution < 1.29 is 14.0 Å². The van der Waals surface area contributed by atoms with Gasteiger partial charge in [0.2, 0.25) is 11.8 Å². The van der Waals surface area contributed by atoms with Crippen molar-refractivity contribution in [2.45, 2.75) is 25.9 Å². The number of likely N-dealkylation sites (tertiary alicyclic amines) is 1. The summed E-state index contributed by atoms with van der Waals surface area (Å²) in [6, 6.07) is 15.8.